The predicted octanol–water partition coefficient (Wildman–Crippen LogP) is 0.463. The normalized spacial score (nSPS) is 32.2. The van der Waals surface area contributed by atoms with E-state index in [1.165, 1.54) is 6.92 Å². The third-order valence-electron chi connectivity index (χ3n) is 1.74. The summed E-state index contributed by atoms with van der Waals surface area (Å²) in [6.07, 6.45) is 1.86. The largest absolute Gasteiger partial charge is 0.460 e. The van der Waals surface area contributed by atoms with Gasteiger partial charge in [-0.05, 0) is 19.3 Å². The van der Waals surface area contributed by atoms with Crippen LogP contribution in [0, 0.1) is 0 Å². The molecule has 3 nitrogen and oxygen atoms in total. The van der Waals surface area contributed by atoms with Crippen LogP contribution in [-0.2, 0) is 9.53 Å². The number of carbonyl (C=O) groups excluding carboxylic acids is 1. The van der Waals surface area contributed by atoms with Gasteiger partial charge in [0, 0.05) is 6.92 Å². The summed E-state index contributed by atoms with van der Waals surface area (Å²) in [7, 11) is 0. The number of rotatable bonds is 1. The lowest BCUT2D eigenvalue weighted by atomic mass is 10.3. The number of aliphatic hydroxyl groups excluding tert-OH is 1. The monoisotopic (exact) mass is 144 g/mol. The fraction of sp³-hybridized carbons (Fsp3) is 0.857. The van der Waals surface area contributed by atoms with Gasteiger partial charge in [-0.15, -0.1) is 0 Å². The van der Waals surface area contributed by atoms with E-state index < -0.39 is 6.10 Å². The van der Waals surface area contributed by atoms with Crippen molar-refractivity contribution in [3.05, 3.63) is 0 Å². The van der Waals surface area contributed by atoms with Crippen LogP contribution in [0.4, 0.5) is 0 Å². The van der Waals surface area contributed by atoms with E-state index in [9.17, 15) is 4.79 Å². The molecule has 0 unspecified atom stereocenters. The summed E-state index contributed by atoms with van der Waals surface area (Å²) in [6, 6.07) is 0. The zero-order valence-corrected chi connectivity index (χ0v) is 6.04. The van der Waals surface area contributed by atoms with Crippen molar-refractivity contribution < 1.29 is 14.6 Å². The van der Waals surface area contributed by atoms with Gasteiger partial charge in [-0.1, -0.05) is 0 Å². The Bertz CT molecular complexity index is 133. The minimum atomic E-state index is -0.427. The maximum absolute atomic E-state index is 10.4. The Hall–Kier alpha value is -0.570. The minimum absolute atomic E-state index is 0.238. The Morgan fingerprint density at radius 2 is 2.30 bits per heavy atom. The van der Waals surface area contributed by atoms with Crippen molar-refractivity contribution in [2.24, 2.45) is 0 Å². The van der Waals surface area contributed by atoms with E-state index in [4.69, 9.17) is 9.84 Å². The molecule has 58 valence electrons. The van der Waals surface area contributed by atoms with Crippen LogP contribution in [0.2, 0.25) is 0 Å². The van der Waals surface area contributed by atoms with Gasteiger partial charge in [0.15, 0.2) is 0 Å². The Morgan fingerprint density at radius 1 is 1.60 bits per heavy atom. The van der Waals surface area contributed by atoms with Crippen LogP contribution < -0.4 is 0 Å². The SMILES string of the molecule is CC(=O)O[C@@H]1CCC[C@H]1O. The van der Waals surface area contributed by atoms with Crippen LogP contribution in [0.3, 0.4) is 0 Å². The molecule has 10 heavy (non-hydrogen) atoms. The molecular weight excluding hydrogens is 132 g/mol. The fourth-order valence-electron chi connectivity index (χ4n) is 1.26. The van der Waals surface area contributed by atoms with Gasteiger partial charge in [-0.25, -0.2) is 0 Å². The van der Waals surface area contributed by atoms with Crippen molar-refractivity contribution in [1.29, 1.82) is 0 Å². The topological polar surface area (TPSA) is 46.5 Å². The average molecular weight is 144 g/mol. The predicted molar refractivity (Wildman–Crippen MR) is 35.4 cm³/mol. The van der Waals surface area contributed by atoms with Crippen molar-refractivity contribution in [2.45, 2.75) is 38.4 Å². The molecule has 0 saturated heterocycles. The number of hydrogen-bond acceptors (Lipinski definition) is 3. The number of ether oxygens (including phenoxy) is 1. The number of hydrogen-bond donors (Lipinski definition) is 1. The second-order valence-electron chi connectivity index (χ2n) is 2.65. The molecule has 1 N–H and O–H groups in total. The molecule has 0 aliphatic heterocycles. The first-order valence-electron chi connectivity index (χ1n) is 3.55. The maximum Gasteiger partial charge on any atom is 0.302 e. The molecular formula is C7H12O3. The second kappa shape index (κ2) is 3.01. The standard InChI is InChI=1S/C7H12O3/c1-5(8)10-7-4-2-3-6(7)9/h6-7,9H,2-4H2,1H3/t6-,7-/m1/s1. The van der Waals surface area contributed by atoms with Crippen LogP contribution in [-0.4, -0.2) is 23.3 Å². The summed E-state index contributed by atoms with van der Waals surface area (Å²) in [4.78, 5) is 10.4. The van der Waals surface area contributed by atoms with E-state index in [-0.39, 0.29) is 12.1 Å². The quantitative estimate of drug-likeness (QED) is 0.544. The molecule has 0 spiro atoms. The van der Waals surface area contributed by atoms with Crippen molar-refractivity contribution >= 4 is 5.97 Å². The van der Waals surface area contributed by atoms with Gasteiger partial charge < -0.3 is 9.84 Å². The number of carbonyl (C=O) groups is 1. The van der Waals surface area contributed by atoms with Crippen molar-refractivity contribution in [1.82, 2.24) is 0 Å². The van der Waals surface area contributed by atoms with E-state index in [1.807, 2.05) is 0 Å². The number of aliphatic hydroxyl groups is 1. The van der Waals surface area contributed by atoms with Gasteiger partial charge >= 0.3 is 5.97 Å². The van der Waals surface area contributed by atoms with Crippen LogP contribution >= 0.6 is 0 Å². The van der Waals surface area contributed by atoms with Crippen molar-refractivity contribution in [2.75, 3.05) is 0 Å². The Balaban J connectivity index is 2.33. The molecule has 0 aromatic rings. The minimum Gasteiger partial charge on any atom is -0.460 e. The summed E-state index contributed by atoms with van der Waals surface area (Å²) in [5.74, 6) is -0.300. The molecule has 0 heterocycles. The van der Waals surface area contributed by atoms with Gasteiger partial charge in [0.05, 0.1) is 6.10 Å². The highest BCUT2D eigenvalue weighted by molar-refractivity contribution is 5.66. The van der Waals surface area contributed by atoms with Gasteiger partial charge in [0.2, 0.25) is 0 Å². The summed E-state index contributed by atoms with van der Waals surface area (Å²) in [5, 5.41) is 9.16. The van der Waals surface area contributed by atoms with E-state index in [2.05, 4.69) is 0 Å². The van der Waals surface area contributed by atoms with Crippen molar-refractivity contribution in [3.63, 3.8) is 0 Å². The Morgan fingerprint density at radius 3 is 2.70 bits per heavy atom. The highest BCUT2D eigenvalue weighted by Crippen LogP contribution is 2.21. The second-order valence-corrected chi connectivity index (χ2v) is 2.65. The molecule has 3 heteroatoms. The zero-order valence-electron chi connectivity index (χ0n) is 6.04. The molecule has 1 aliphatic carbocycles. The summed E-state index contributed by atoms with van der Waals surface area (Å²) < 4.78 is 4.83. The number of esters is 1. The van der Waals surface area contributed by atoms with Gasteiger partial charge in [-0.2, -0.15) is 0 Å². The zero-order chi connectivity index (χ0) is 7.56. The van der Waals surface area contributed by atoms with Crippen LogP contribution in [0.15, 0.2) is 0 Å². The molecule has 0 amide bonds. The summed E-state index contributed by atoms with van der Waals surface area (Å²) in [6.45, 7) is 1.37. The first-order chi connectivity index (χ1) is 4.70. The first-order valence-corrected chi connectivity index (χ1v) is 3.55. The molecule has 1 saturated carbocycles. The Kier molecular flexibility index (Phi) is 2.27. The van der Waals surface area contributed by atoms with Crippen LogP contribution in [0.25, 0.3) is 0 Å². The molecule has 0 bridgehead atoms. The molecule has 1 fully saturated rings. The molecule has 1 aliphatic rings. The van der Waals surface area contributed by atoms with Crippen LogP contribution in [0.5, 0.6) is 0 Å². The molecule has 0 aromatic heterocycles. The first kappa shape index (κ1) is 7.54. The lowest BCUT2D eigenvalue weighted by Gasteiger charge is -2.13. The fourth-order valence-corrected chi connectivity index (χ4v) is 1.26. The third-order valence-corrected chi connectivity index (χ3v) is 1.74. The molecule has 0 radical (unpaired) electrons. The van der Waals surface area contributed by atoms with E-state index in [1.54, 1.807) is 0 Å². The van der Waals surface area contributed by atoms with Crippen molar-refractivity contribution in [3.8, 4) is 0 Å². The summed E-state index contributed by atoms with van der Waals surface area (Å²) >= 11 is 0. The van der Waals surface area contributed by atoms with E-state index in [0.717, 1.165) is 19.3 Å². The molecule has 1 rings (SSSR count). The highest BCUT2D eigenvalue weighted by atomic mass is 16.6. The summed E-state index contributed by atoms with van der Waals surface area (Å²) in [5.41, 5.74) is 0. The smallest absolute Gasteiger partial charge is 0.302 e. The maximum atomic E-state index is 10.4. The lowest BCUT2D eigenvalue weighted by molar-refractivity contribution is -0.150. The van der Waals surface area contributed by atoms with Crippen LogP contribution in [0.1, 0.15) is 26.2 Å². The lowest BCUT2D eigenvalue weighted by Crippen LogP contribution is -2.24. The molecule has 2 atom stereocenters. The van der Waals surface area contributed by atoms with E-state index >= 15 is 0 Å². The van der Waals surface area contributed by atoms with Gasteiger partial charge in [0.1, 0.15) is 6.10 Å². The van der Waals surface area contributed by atoms with E-state index in [0.29, 0.717) is 0 Å². The van der Waals surface area contributed by atoms with Gasteiger partial charge in [-0.3, -0.25) is 4.79 Å². The Labute approximate surface area is 60.0 Å². The highest BCUT2D eigenvalue weighted by Gasteiger charge is 2.27. The third kappa shape index (κ3) is 1.70. The molecule has 0 aromatic carbocycles. The average Bonchev–Trinajstić information content (AvgIpc) is 2.15. The van der Waals surface area contributed by atoms with Gasteiger partial charge in [0.25, 0.3) is 0 Å².